The Hall–Kier alpha value is -1.63. The Labute approximate surface area is 124 Å². The van der Waals surface area contributed by atoms with Crippen molar-refractivity contribution in [3.63, 3.8) is 0 Å². The Balaban J connectivity index is 2.14. The first-order valence-corrected chi connectivity index (χ1v) is 8.62. The lowest BCUT2D eigenvalue weighted by molar-refractivity contribution is -0.385. The molecule has 21 heavy (non-hydrogen) atoms. The van der Waals surface area contributed by atoms with Gasteiger partial charge >= 0.3 is 15.8 Å². The van der Waals surface area contributed by atoms with E-state index in [0.717, 1.165) is 32.1 Å². The number of nitrogens with zero attached hydrogens (tertiary/aromatic N) is 1. The molecule has 0 spiro atoms. The predicted octanol–water partition coefficient (Wildman–Crippen LogP) is 3.19. The Bertz CT molecular complexity index is 620. The van der Waals surface area contributed by atoms with E-state index in [1.54, 1.807) is 13.0 Å². The third-order valence-corrected chi connectivity index (χ3v) is 5.01. The Morgan fingerprint density at radius 1 is 1.29 bits per heavy atom. The highest BCUT2D eigenvalue weighted by Gasteiger charge is 2.26. The molecule has 0 unspecified atom stereocenters. The minimum absolute atomic E-state index is 0.0714. The molecule has 0 amide bonds. The average Bonchev–Trinajstić information content (AvgIpc) is 2.41. The van der Waals surface area contributed by atoms with Gasteiger partial charge in [0.25, 0.3) is 0 Å². The summed E-state index contributed by atoms with van der Waals surface area (Å²) in [5, 5.41) is 11.0. The van der Waals surface area contributed by atoms with E-state index in [1.165, 1.54) is 12.1 Å². The number of aryl methyl sites for hydroxylation is 1. The zero-order chi connectivity index (χ0) is 15.5. The van der Waals surface area contributed by atoms with Crippen molar-refractivity contribution >= 4 is 15.8 Å². The van der Waals surface area contributed by atoms with Crippen LogP contribution < -0.4 is 4.18 Å². The molecule has 0 radical (unpaired) electrons. The first-order chi connectivity index (χ1) is 9.87. The zero-order valence-corrected chi connectivity index (χ0v) is 12.8. The van der Waals surface area contributed by atoms with Crippen LogP contribution in [0.25, 0.3) is 0 Å². The topological polar surface area (TPSA) is 86.5 Å². The van der Waals surface area contributed by atoms with E-state index in [4.69, 9.17) is 4.18 Å². The molecule has 1 aliphatic rings. The van der Waals surface area contributed by atoms with Crippen LogP contribution in [0.15, 0.2) is 18.2 Å². The molecule has 2 rings (SSSR count). The van der Waals surface area contributed by atoms with E-state index in [2.05, 4.69) is 0 Å². The first kappa shape index (κ1) is 15.8. The van der Waals surface area contributed by atoms with Crippen LogP contribution in [0.5, 0.6) is 5.75 Å². The second kappa shape index (κ2) is 6.43. The van der Waals surface area contributed by atoms with Gasteiger partial charge in [-0.05, 0) is 37.3 Å². The third-order valence-electron chi connectivity index (χ3n) is 3.69. The van der Waals surface area contributed by atoms with Crippen LogP contribution in [0, 0.1) is 23.0 Å². The highest BCUT2D eigenvalue weighted by atomic mass is 32.2. The Kier molecular flexibility index (Phi) is 4.82. The van der Waals surface area contributed by atoms with Gasteiger partial charge in [-0.1, -0.05) is 25.3 Å². The molecule has 1 fully saturated rings. The highest BCUT2D eigenvalue weighted by molar-refractivity contribution is 7.87. The van der Waals surface area contributed by atoms with Gasteiger partial charge in [0.15, 0.2) is 0 Å². The lowest BCUT2D eigenvalue weighted by Gasteiger charge is -2.21. The predicted molar refractivity (Wildman–Crippen MR) is 78.8 cm³/mol. The number of rotatable bonds is 5. The van der Waals surface area contributed by atoms with Gasteiger partial charge in [0.1, 0.15) is 0 Å². The fraction of sp³-hybridized carbons (Fsp3) is 0.571. The van der Waals surface area contributed by atoms with Gasteiger partial charge in [0, 0.05) is 6.07 Å². The van der Waals surface area contributed by atoms with E-state index in [1.807, 2.05) is 0 Å². The molecular weight excluding hydrogens is 294 g/mol. The van der Waals surface area contributed by atoms with Crippen molar-refractivity contribution in [1.82, 2.24) is 0 Å². The summed E-state index contributed by atoms with van der Waals surface area (Å²) in [6.45, 7) is 1.70. The number of benzene rings is 1. The average molecular weight is 313 g/mol. The van der Waals surface area contributed by atoms with Crippen molar-refractivity contribution in [2.75, 3.05) is 5.75 Å². The van der Waals surface area contributed by atoms with Crippen LogP contribution in [0.3, 0.4) is 0 Å². The number of nitro benzene ring substituents is 1. The lowest BCUT2D eigenvalue weighted by atomic mass is 9.91. The van der Waals surface area contributed by atoms with E-state index in [0.29, 0.717) is 5.56 Å². The van der Waals surface area contributed by atoms with E-state index >= 15 is 0 Å². The third kappa shape index (κ3) is 4.42. The zero-order valence-electron chi connectivity index (χ0n) is 11.9. The van der Waals surface area contributed by atoms with Crippen LogP contribution in [0.2, 0.25) is 0 Å². The standard InChI is InChI=1S/C14H19NO5S/c1-11-7-8-14(13(9-11)15(16)17)20-21(18,19)10-12-5-3-2-4-6-12/h7-9,12H,2-6,10H2,1H3. The molecule has 0 aliphatic heterocycles. The van der Waals surface area contributed by atoms with E-state index < -0.39 is 15.0 Å². The summed E-state index contributed by atoms with van der Waals surface area (Å²) in [4.78, 5) is 10.4. The second-order valence-corrected chi connectivity index (χ2v) is 7.16. The molecule has 0 aromatic heterocycles. The molecule has 0 N–H and O–H groups in total. The summed E-state index contributed by atoms with van der Waals surface area (Å²) in [5.74, 6) is -0.187. The number of hydrogen-bond donors (Lipinski definition) is 0. The normalized spacial score (nSPS) is 16.6. The lowest BCUT2D eigenvalue weighted by Crippen LogP contribution is -2.22. The highest BCUT2D eigenvalue weighted by Crippen LogP contribution is 2.31. The van der Waals surface area contributed by atoms with Gasteiger partial charge in [-0.25, -0.2) is 0 Å². The molecule has 0 heterocycles. The molecule has 1 aliphatic carbocycles. The van der Waals surface area contributed by atoms with Crippen LogP contribution >= 0.6 is 0 Å². The molecule has 0 bridgehead atoms. The molecule has 1 saturated carbocycles. The number of nitro groups is 1. The molecule has 0 saturated heterocycles. The quantitative estimate of drug-likeness (QED) is 0.473. The monoisotopic (exact) mass is 313 g/mol. The van der Waals surface area contributed by atoms with Gasteiger partial charge in [-0.3, -0.25) is 10.1 Å². The largest absolute Gasteiger partial charge is 0.375 e. The molecule has 0 atom stereocenters. The first-order valence-electron chi connectivity index (χ1n) is 7.04. The molecule has 1 aromatic carbocycles. The summed E-state index contributed by atoms with van der Waals surface area (Å²) >= 11 is 0. The summed E-state index contributed by atoms with van der Waals surface area (Å²) in [6.07, 6.45) is 4.95. The summed E-state index contributed by atoms with van der Waals surface area (Å²) in [5.41, 5.74) is 0.362. The fourth-order valence-corrected chi connectivity index (χ4v) is 4.05. The molecule has 1 aromatic rings. The second-order valence-electron chi connectivity index (χ2n) is 5.54. The van der Waals surface area contributed by atoms with Gasteiger partial charge in [-0.15, -0.1) is 0 Å². The van der Waals surface area contributed by atoms with E-state index in [-0.39, 0.29) is 23.1 Å². The van der Waals surface area contributed by atoms with E-state index in [9.17, 15) is 18.5 Å². The van der Waals surface area contributed by atoms with Crippen molar-refractivity contribution in [3.8, 4) is 5.75 Å². The maximum atomic E-state index is 12.1. The molecule has 6 nitrogen and oxygen atoms in total. The van der Waals surface area contributed by atoms with Crippen molar-refractivity contribution < 1.29 is 17.5 Å². The summed E-state index contributed by atoms with van der Waals surface area (Å²) in [6, 6.07) is 4.25. The van der Waals surface area contributed by atoms with Crippen molar-refractivity contribution in [3.05, 3.63) is 33.9 Å². The minimum Gasteiger partial charge on any atom is -0.375 e. The van der Waals surface area contributed by atoms with Crippen LogP contribution in [0.4, 0.5) is 5.69 Å². The smallest absolute Gasteiger partial charge is 0.312 e. The van der Waals surface area contributed by atoms with Crippen molar-refractivity contribution in [2.45, 2.75) is 39.0 Å². The van der Waals surface area contributed by atoms with Crippen LogP contribution in [0.1, 0.15) is 37.7 Å². The fourth-order valence-electron chi connectivity index (χ4n) is 2.65. The van der Waals surface area contributed by atoms with Crippen molar-refractivity contribution in [2.24, 2.45) is 5.92 Å². The van der Waals surface area contributed by atoms with Crippen molar-refractivity contribution in [1.29, 1.82) is 0 Å². The van der Waals surface area contributed by atoms with Crippen LogP contribution in [-0.2, 0) is 10.1 Å². The summed E-state index contributed by atoms with van der Waals surface area (Å²) < 4.78 is 29.1. The SMILES string of the molecule is Cc1ccc(OS(=O)(=O)CC2CCCCC2)c([N+](=O)[O-])c1. The summed E-state index contributed by atoms with van der Waals surface area (Å²) in [7, 11) is -3.81. The molecule has 116 valence electrons. The van der Waals surface area contributed by atoms with Gasteiger partial charge in [0.05, 0.1) is 10.7 Å². The maximum absolute atomic E-state index is 12.1. The maximum Gasteiger partial charge on any atom is 0.312 e. The van der Waals surface area contributed by atoms with Crippen LogP contribution in [-0.4, -0.2) is 19.1 Å². The van der Waals surface area contributed by atoms with Gasteiger partial charge < -0.3 is 4.18 Å². The van der Waals surface area contributed by atoms with Gasteiger partial charge in [0.2, 0.25) is 5.75 Å². The minimum atomic E-state index is -3.81. The van der Waals surface area contributed by atoms with Gasteiger partial charge in [-0.2, -0.15) is 8.42 Å². The Morgan fingerprint density at radius 3 is 2.57 bits per heavy atom. The Morgan fingerprint density at radius 2 is 1.95 bits per heavy atom. The molecule has 7 heteroatoms. The number of hydrogen-bond acceptors (Lipinski definition) is 5. The molecular formula is C14H19NO5S.